The topological polar surface area (TPSA) is 59.4 Å². The van der Waals surface area contributed by atoms with Crippen molar-refractivity contribution in [2.45, 2.75) is 60.0 Å². The predicted octanol–water partition coefficient (Wildman–Crippen LogP) is 2.90. The second-order valence-electron chi connectivity index (χ2n) is 5.24. The van der Waals surface area contributed by atoms with Gasteiger partial charge in [0.05, 0.1) is 25.4 Å². The van der Waals surface area contributed by atoms with E-state index in [9.17, 15) is 4.79 Å². The molecule has 6 nitrogen and oxygen atoms in total. The van der Waals surface area contributed by atoms with Gasteiger partial charge in [-0.1, -0.05) is 27.7 Å². The highest BCUT2D eigenvalue weighted by Crippen LogP contribution is 2.27. The first kappa shape index (κ1) is 19.5. The van der Waals surface area contributed by atoms with Crippen molar-refractivity contribution in [2.24, 2.45) is 0 Å². The lowest BCUT2D eigenvalue weighted by Gasteiger charge is -2.27. The first-order valence-corrected chi connectivity index (χ1v) is 8.81. The summed E-state index contributed by atoms with van der Waals surface area (Å²) in [7, 11) is 1.43. The molecule has 1 saturated heterocycles. The number of nitrogens with zero attached hydrogens (tertiary/aromatic N) is 3. The second kappa shape index (κ2) is 9.55. The minimum absolute atomic E-state index is 0.250. The molecule has 6 heteroatoms. The molecule has 1 aromatic heterocycles. The molecule has 1 amide bonds. The van der Waals surface area contributed by atoms with Crippen LogP contribution in [0.1, 0.15) is 57.1 Å². The van der Waals surface area contributed by atoms with Gasteiger partial charge in [0.25, 0.3) is 0 Å². The summed E-state index contributed by atoms with van der Waals surface area (Å²) in [6, 6.07) is 0.465. The Morgan fingerprint density at radius 2 is 2.00 bits per heavy atom. The molecule has 0 bridgehead atoms. The van der Waals surface area contributed by atoms with Crippen molar-refractivity contribution in [3.8, 4) is 0 Å². The van der Waals surface area contributed by atoms with Gasteiger partial charge < -0.3 is 15.0 Å². The third-order valence-corrected chi connectivity index (χ3v) is 4.10. The van der Waals surface area contributed by atoms with Crippen molar-refractivity contribution in [1.82, 2.24) is 20.0 Å². The maximum Gasteiger partial charge on any atom is 0.409 e. The largest absolute Gasteiger partial charge is 0.453 e. The average molecular weight is 324 g/mol. The highest BCUT2D eigenvalue weighted by Gasteiger charge is 2.29. The van der Waals surface area contributed by atoms with Crippen LogP contribution in [-0.4, -0.2) is 47.5 Å². The summed E-state index contributed by atoms with van der Waals surface area (Å²) in [4.78, 5) is 13.4. The maximum atomic E-state index is 11.6. The molecule has 1 aromatic rings. The van der Waals surface area contributed by atoms with Crippen molar-refractivity contribution in [2.75, 3.05) is 26.7 Å². The standard InChI is InChI=1S/C13H20N4O2.2C2H6/c1-9-11-8-16(13(18)19-2)6-4-12(11)17(15-9)10-3-5-14-7-10;2*1-2/h10,14H,3-8H2,1-2H3;2*1-2H3. The molecule has 1 unspecified atom stereocenters. The number of fused-ring (bicyclic) bond motifs is 1. The van der Waals surface area contributed by atoms with E-state index < -0.39 is 0 Å². The molecule has 0 saturated carbocycles. The number of ether oxygens (including phenoxy) is 1. The van der Waals surface area contributed by atoms with Crippen LogP contribution in [0.5, 0.6) is 0 Å². The lowest BCUT2D eigenvalue weighted by atomic mass is 10.1. The fraction of sp³-hybridized carbons (Fsp3) is 0.765. The number of rotatable bonds is 1. The van der Waals surface area contributed by atoms with Crippen molar-refractivity contribution in [1.29, 1.82) is 0 Å². The smallest absolute Gasteiger partial charge is 0.409 e. The van der Waals surface area contributed by atoms with Crippen LogP contribution >= 0.6 is 0 Å². The van der Waals surface area contributed by atoms with Crippen LogP contribution in [0, 0.1) is 6.92 Å². The Morgan fingerprint density at radius 1 is 1.30 bits per heavy atom. The van der Waals surface area contributed by atoms with Gasteiger partial charge in [0, 0.05) is 30.8 Å². The zero-order chi connectivity index (χ0) is 17.4. The Morgan fingerprint density at radius 3 is 2.57 bits per heavy atom. The van der Waals surface area contributed by atoms with E-state index in [-0.39, 0.29) is 6.09 Å². The van der Waals surface area contributed by atoms with E-state index in [0.29, 0.717) is 19.1 Å². The number of carbonyl (C=O) groups excluding carboxylic acids is 1. The van der Waals surface area contributed by atoms with Gasteiger partial charge >= 0.3 is 6.09 Å². The minimum Gasteiger partial charge on any atom is -0.453 e. The van der Waals surface area contributed by atoms with Gasteiger partial charge in [-0.05, 0) is 19.9 Å². The molecule has 0 aliphatic carbocycles. The molecule has 3 heterocycles. The Kier molecular flexibility index (Phi) is 8.09. The van der Waals surface area contributed by atoms with Crippen molar-refractivity contribution >= 4 is 6.09 Å². The van der Waals surface area contributed by atoms with E-state index in [4.69, 9.17) is 9.84 Å². The molecule has 2 aliphatic rings. The summed E-state index contributed by atoms with van der Waals surface area (Å²) in [5.41, 5.74) is 3.53. The number of hydrogen-bond acceptors (Lipinski definition) is 4. The lowest BCUT2D eigenvalue weighted by Crippen LogP contribution is -2.36. The molecular formula is C17H32N4O2. The molecule has 2 aliphatic heterocycles. The van der Waals surface area contributed by atoms with Crippen LogP contribution in [0.25, 0.3) is 0 Å². The Hall–Kier alpha value is -1.56. The number of carbonyl (C=O) groups is 1. The van der Waals surface area contributed by atoms with Crippen molar-refractivity contribution in [3.05, 3.63) is 17.0 Å². The number of methoxy groups -OCH3 is 1. The monoisotopic (exact) mass is 324 g/mol. The molecule has 0 radical (unpaired) electrons. The SMILES string of the molecule is CC.CC.COC(=O)N1CCc2c(c(C)nn2C2CCNC2)C1. The molecule has 3 rings (SSSR count). The van der Waals surface area contributed by atoms with Crippen LogP contribution in [0.4, 0.5) is 4.79 Å². The Bertz CT molecular complexity index is 493. The quantitative estimate of drug-likeness (QED) is 0.863. The van der Waals surface area contributed by atoms with Crippen molar-refractivity contribution in [3.63, 3.8) is 0 Å². The van der Waals surface area contributed by atoms with Gasteiger partial charge in [0.1, 0.15) is 0 Å². The Balaban J connectivity index is 0.000000615. The van der Waals surface area contributed by atoms with E-state index in [1.54, 1.807) is 4.90 Å². The van der Waals surface area contributed by atoms with Crippen LogP contribution in [0.15, 0.2) is 0 Å². The number of aromatic nitrogens is 2. The second-order valence-corrected chi connectivity index (χ2v) is 5.24. The van der Waals surface area contributed by atoms with Crippen LogP contribution in [-0.2, 0) is 17.7 Å². The molecule has 132 valence electrons. The van der Waals surface area contributed by atoms with Gasteiger partial charge in [0.2, 0.25) is 0 Å². The third kappa shape index (κ3) is 4.25. The normalized spacial score (nSPS) is 19.0. The first-order chi connectivity index (χ1) is 11.2. The van der Waals surface area contributed by atoms with Crippen LogP contribution in [0.2, 0.25) is 0 Å². The molecule has 0 aromatic carbocycles. The zero-order valence-electron chi connectivity index (χ0n) is 15.5. The fourth-order valence-electron chi connectivity index (χ4n) is 3.05. The number of amides is 1. The van der Waals surface area contributed by atoms with Crippen LogP contribution < -0.4 is 5.32 Å². The van der Waals surface area contributed by atoms with Gasteiger partial charge in [0.15, 0.2) is 0 Å². The predicted molar refractivity (Wildman–Crippen MR) is 92.7 cm³/mol. The Labute approximate surface area is 140 Å². The molecule has 1 fully saturated rings. The number of hydrogen-bond donors (Lipinski definition) is 1. The summed E-state index contributed by atoms with van der Waals surface area (Å²) in [5, 5.41) is 8.07. The first-order valence-electron chi connectivity index (χ1n) is 8.81. The summed E-state index contributed by atoms with van der Waals surface area (Å²) in [5.74, 6) is 0. The highest BCUT2D eigenvalue weighted by atomic mass is 16.5. The van der Waals surface area contributed by atoms with Gasteiger partial charge in [-0.2, -0.15) is 5.10 Å². The minimum atomic E-state index is -0.250. The van der Waals surface area contributed by atoms with E-state index >= 15 is 0 Å². The third-order valence-electron chi connectivity index (χ3n) is 4.10. The van der Waals surface area contributed by atoms with E-state index in [1.807, 2.05) is 34.6 Å². The molecule has 0 spiro atoms. The van der Waals surface area contributed by atoms with Gasteiger partial charge in [-0.15, -0.1) is 0 Å². The summed E-state index contributed by atoms with van der Waals surface area (Å²) >= 11 is 0. The van der Waals surface area contributed by atoms with E-state index in [1.165, 1.54) is 18.4 Å². The van der Waals surface area contributed by atoms with Crippen molar-refractivity contribution < 1.29 is 9.53 Å². The maximum absolute atomic E-state index is 11.6. The molecule has 1 atom stereocenters. The molecule has 1 N–H and O–H groups in total. The van der Waals surface area contributed by atoms with Gasteiger partial charge in [-0.3, -0.25) is 4.68 Å². The zero-order valence-corrected chi connectivity index (χ0v) is 15.5. The highest BCUT2D eigenvalue weighted by molar-refractivity contribution is 5.68. The van der Waals surface area contributed by atoms with Gasteiger partial charge in [-0.25, -0.2) is 4.79 Å². The summed E-state index contributed by atoms with van der Waals surface area (Å²) < 4.78 is 6.98. The summed E-state index contributed by atoms with van der Waals surface area (Å²) in [6.45, 7) is 13.4. The number of aryl methyl sites for hydroxylation is 1. The van der Waals surface area contributed by atoms with E-state index in [0.717, 1.165) is 31.6 Å². The lowest BCUT2D eigenvalue weighted by molar-refractivity contribution is 0.118. The number of nitrogens with one attached hydrogen (secondary N) is 1. The van der Waals surface area contributed by atoms with E-state index in [2.05, 4.69) is 10.00 Å². The molecular weight excluding hydrogens is 292 g/mol. The average Bonchev–Trinajstić information content (AvgIpc) is 3.26. The van der Waals surface area contributed by atoms with Crippen LogP contribution in [0.3, 0.4) is 0 Å². The molecule has 23 heavy (non-hydrogen) atoms. The fourth-order valence-corrected chi connectivity index (χ4v) is 3.05. The summed E-state index contributed by atoms with van der Waals surface area (Å²) in [6.07, 6.45) is 1.75.